The van der Waals surface area contributed by atoms with E-state index in [0.717, 1.165) is 0 Å². The van der Waals surface area contributed by atoms with Crippen molar-refractivity contribution in [1.82, 2.24) is 4.57 Å². The summed E-state index contributed by atoms with van der Waals surface area (Å²) in [6, 6.07) is 56.3. The number of fused-ring (bicyclic) bond motifs is 11. The summed E-state index contributed by atoms with van der Waals surface area (Å²) in [6.45, 7) is 0. The van der Waals surface area contributed by atoms with Crippen LogP contribution in [0.5, 0.6) is 0 Å². The molecular formula is C44H25NS. The Balaban J connectivity index is 1.20. The standard InChI is InChI=1S/C44H25NS/c1-2-12-28-27(11-1)33-16-9-17-34-30(20-21-35(28)42(33)34)29-22-24-39(31-13-4-3-10-26(29)31)45-38-18-7-5-15-37(38)43-40(45)25-23-36-32-14-6-8-19-41(32)46-44(36)43/h1-25H. The number of hydrogen-bond donors (Lipinski definition) is 0. The van der Waals surface area contributed by atoms with Gasteiger partial charge in [0.05, 0.1) is 16.7 Å². The number of thiophene rings is 1. The lowest BCUT2D eigenvalue weighted by Gasteiger charge is -2.16. The monoisotopic (exact) mass is 599 g/mol. The first-order valence-electron chi connectivity index (χ1n) is 15.9. The van der Waals surface area contributed by atoms with E-state index in [1.54, 1.807) is 0 Å². The maximum Gasteiger partial charge on any atom is 0.0556 e. The molecular weight excluding hydrogens is 575 g/mol. The molecule has 2 heterocycles. The summed E-state index contributed by atoms with van der Waals surface area (Å²) in [7, 11) is 0. The number of aromatic nitrogens is 1. The molecule has 46 heavy (non-hydrogen) atoms. The summed E-state index contributed by atoms with van der Waals surface area (Å²) < 4.78 is 5.19. The Kier molecular flexibility index (Phi) is 4.78. The molecule has 1 aliphatic rings. The fraction of sp³-hybridized carbons (Fsp3) is 0. The van der Waals surface area contributed by atoms with Gasteiger partial charge in [0.25, 0.3) is 0 Å². The van der Waals surface area contributed by atoms with Gasteiger partial charge in [-0.25, -0.2) is 0 Å². The molecule has 0 N–H and O–H groups in total. The van der Waals surface area contributed by atoms with Crippen LogP contribution in [0.25, 0.3) is 103 Å². The predicted octanol–water partition coefficient (Wildman–Crippen LogP) is 12.8. The minimum Gasteiger partial charge on any atom is -0.309 e. The van der Waals surface area contributed by atoms with Crippen LogP contribution in [0.4, 0.5) is 0 Å². The number of nitrogens with zero attached hydrogens (tertiary/aromatic N) is 1. The van der Waals surface area contributed by atoms with Crippen molar-refractivity contribution >= 4 is 74.9 Å². The summed E-state index contributed by atoms with van der Waals surface area (Å²) in [5, 5.41) is 10.5. The van der Waals surface area contributed by atoms with Crippen LogP contribution in [0.15, 0.2) is 152 Å². The third kappa shape index (κ3) is 3.09. The topological polar surface area (TPSA) is 4.93 Å². The average molecular weight is 600 g/mol. The zero-order valence-electron chi connectivity index (χ0n) is 24.8. The van der Waals surface area contributed by atoms with Gasteiger partial charge < -0.3 is 4.57 Å². The van der Waals surface area contributed by atoms with Crippen molar-refractivity contribution in [2.75, 3.05) is 0 Å². The van der Waals surface area contributed by atoms with E-state index in [1.165, 1.54) is 103 Å². The average Bonchev–Trinajstić information content (AvgIpc) is 3.77. The summed E-state index contributed by atoms with van der Waals surface area (Å²) in [6.07, 6.45) is 0. The first kappa shape index (κ1) is 24.6. The molecule has 0 saturated heterocycles. The van der Waals surface area contributed by atoms with Crippen molar-refractivity contribution in [2.24, 2.45) is 0 Å². The largest absolute Gasteiger partial charge is 0.309 e. The van der Waals surface area contributed by atoms with Crippen LogP contribution < -0.4 is 0 Å². The van der Waals surface area contributed by atoms with E-state index >= 15 is 0 Å². The van der Waals surface area contributed by atoms with Gasteiger partial charge in [0, 0.05) is 36.3 Å². The molecule has 0 fully saturated rings. The second kappa shape index (κ2) is 8.94. The van der Waals surface area contributed by atoms with Crippen molar-refractivity contribution in [3.8, 4) is 39.1 Å². The third-order valence-corrected chi connectivity index (χ3v) is 11.4. The van der Waals surface area contributed by atoms with Crippen LogP contribution >= 0.6 is 11.3 Å². The van der Waals surface area contributed by atoms with E-state index in [-0.39, 0.29) is 0 Å². The van der Waals surface area contributed by atoms with Crippen LogP contribution in [0.1, 0.15) is 0 Å². The molecule has 212 valence electrons. The summed E-state index contributed by atoms with van der Waals surface area (Å²) >= 11 is 1.91. The van der Waals surface area contributed by atoms with Gasteiger partial charge in [-0.3, -0.25) is 0 Å². The normalized spacial score (nSPS) is 12.3. The Labute approximate surface area is 269 Å². The van der Waals surface area contributed by atoms with Gasteiger partial charge in [-0.15, -0.1) is 11.3 Å². The second-order valence-corrected chi connectivity index (χ2v) is 13.5. The minimum absolute atomic E-state index is 1.21. The Morgan fingerprint density at radius 1 is 0.326 bits per heavy atom. The molecule has 0 unspecified atom stereocenters. The highest BCUT2D eigenvalue weighted by Gasteiger charge is 2.24. The van der Waals surface area contributed by atoms with Gasteiger partial charge in [0.2, 0.25) is 0 Å². The van der Waals surface area contributed by atoms with Crippen molar-refractivity contribution in [3.05, 3.63) is 152 Å². The molecule has 0 amide bonds. The summed E-state index contributed by atoms with van der Waals surface area (Å²) in [4.78, 5) is 0. The molecule has 11 rings (SSSR count). The fourth-order valence-corrected chi connectivity index (χ4v) is 9.51. The highest BCUT2D eigenvalue weighted by molar-refractivity contribution is 7.26. The van der Waals surface area contributed by atoms with E-state index in [9.17, 15) is 0 Å². The van der Waals surface area contributed by atoms with Crippen molar-refractivity contribution in [2.45, 2.75) is 0 Å². The van der Waals surface area contributed by atoms with Crippen LogP contribution in [0.2, 0.25) is 0 Å². The SMILES string of the molecule is c1ccc2c(c1)-c1cccc3c(-c4ccc(-n5c6ccccc6c6c7sc8ccccc8c7ccc65)c5ccccc45)ccc-2c13. The molecule has 1 nitrogen and oxygen atoms in total. The fourth-order valence-electron chi connectivity index (χ4n) is 8.25. The maximum atomic E-state index is 2.49. The highest BCUT2D eigenvalue weighted by Crippen LogP contribution is 2.50. The van der Waals surface area contributed by atoms with Gasteiger partial charge in [-0.05, 0) is 73.8 Å². The molecule has 0 radical (unpaired) electrons. The van der Waals surface area contributed by atoms with Gasteiger partial charge in [-0.1, -0.05) is 127 Å². The molecule has 2 heteroatoms. The molecule has 0 bridgehead atoms. The first-order chi connectivity index (χ1) is 22.8. The van der Waals surface area contributed by atoms with E-state index in [1.807, 2.05) is 11.3 Å². The van der Waals surface area contributed by atoms with Crippen molar-refractivity contribution in [3.63, 3.8) is 0 Å². The van der Waals surface area contributed by atoms with E-state index < -0.39 is 0 Å². The van der Waals surface area contributed by atoms with E-state index in [2.05, 4.69) is 156 Å². The molecule has 8 aromatic carbocycles. The van der Waals surface area contributed by atoms with Crippen LogP contribution in [-0.2, 0) is 0 Å². The van der Waals surface area contributed by atoms with Crippen LogP contribution in [0.3, 0.4) is 0 Å². The number of rotatable bonds is 2. The highest BCUT2D eigenvalue weighted by atomic mass is 32.1. The number of benzene rings is 8. The molecule has 0 spiro atoms. The van der Waals surface area contributed by atoms with Crippen LogP contribution in [-0.4, -0.2) is 4.57 Å². The zero-order chi connectivity index (χ0) is 29.9. The lowest BCUT2D eigenvalue weighted by atomic mass is 9.91. The number of hydrogen-bond acceptors (Lipinski definition) is 1. The van der Waals surface area contributed by atoms with Gasteiger partial charge in [0.1, 0.15) is 0 Å². The molecule has 0 atom stereocenters. The summed E-state index contributed by atoms with van der Waals surface area (Å²) in [5.74, 6) is 0. The lowest BCUT2D eigenvalue weighted by molar-refractivity contribution is 1.20. The van der Waals surface area contributed by atoms with E-state index in [0.29, 0.717) is 0 Å². The van der Waals surface area contributed by atoms with Crippen molar-refractivity contribution in [1.29, 1.82) is 0 Å². The zero-order valence-corrected chi connectivity index (χ0v) is 25.6. The molecule has 10 aromatic rings. The van der Waals surface area contributed by atoms with Crippen molar-refractivity contribution < 1.29 is 0 Å². The second-order valence-electron chi connectivity index (χ2n) is 12.4. The third-order valence-electron chi connectivity index (χ3n) is 10.2. The van der Waals surface area contributed by atoms with Gasteiger partial charge in [-0.2, -0.15) is 0 Å². The Hall–Kier alpha value is -5.70. The number of para-hydroxylation sites is 1. The lowest BCUT2D eigenvalue weighted by Crippen LogP contribution is -1.96. The van der Waals surface area contributed by atoms with Gasteiger partial charge >= 0.3 is 0 Å². The maximum absolute atomic E-state index is 2.49. The molecule has 1 aliphatic carbocycles. The smallest absolute Gasteiger partial charge is 0.0556 e. The quantitative estimate of drug-likeness (QED) is 0.186. The Morgan fingerprint density at radius 2 is 0.935 bits per heavy atom. The van der Waals surface area contributed by atoms with E-state index in [4.69, 9.17) is 0 Å². The Bertz CT molecular complexity index is 2890. The minimum atomic E-state index is 1.21. The molecule has 2 aromatic heterocycles. The van der Waals surface area contributed by atoms with Crippen LogP contribution in [0, 0.1) is 0 Å². The molecule has 0 aliphatic heterocycles. The van der Waals surface area contributed by atoms with Gasteiger partial charge in [0.15, 0.2) is 0 Å². The Morgan fingerprint density at radius 3 is 1.80 bits per heavy atom. The molecule has 0 saturated carbocycles. The predicted molar refractivity (Wildman–Crippen MR) is 199 cm³/mol. The summed E-state index contributed by atoms with van der Waals surface area (Å²) in [5.41, 5.74) is 11.6. The first-order valence-corrected chi connectivity index (χ1v) is 16.7.